The molecule has 6 nitrogen and oxygen atoms in total. The molecule has 1 aliphatic heterocycles. The van der Waals surface area contributed by atoms with Gasteiger partial charge in [-0.2, -0.15) is 0 Å². The molecular weight excluding hydrogens is 270 g/mol. The summed E-state index contributed by atoms with van der Waals surface area (Å²) < 4.78 is 11.1. The quantitative estimate of drug-likeness (QED) is 0.882. The van der Waals surface area contributed by atoms with E-state index in [1.54, 1.807) is 24.3 Å². The standard InChI is InChI=1S/C15H15N3O3/c16-14-8-10(4-5-17-14)15(19)18-11-2-3-12-13(9-11)21-7-1-6-20-12/h2-5,8-9H,1,6-7H2,(H2,16,17)(H,18,19). The number of carbonyl (C=O) groups is 1. The van der Waals surface area contributed by atoms with E-state index in [0.717, 1.165) is 6.42 Å². The number of benzene rings is 1. The smallest absolute Gasteiger partial charge is 0.255 e. The zero-order chi connectivity index (χ0) is 14.7. The van der Waals surface area contributed by atoms with E-state index in [1.807, 2.05) is 0 Å². The molecule has 0 saturated heterocycles. The molecule has 1 amide bonds. The Morgan fingerprint density at radius 3 is 2.76 bits per heavy atom. The fourth-order valence-electron chi connectivity index (χ4n) is 2.03. The van der Waals surface area contributed by atoms with Crippen molar-refractivity contribution in [1.82, 2.24) is 4.98 Å². The number of nitrogens with one attached hydrogen (secondary N) is 1. The van der Waals surface area contributed by atoms with Gasteiger partial charge in [-0.3, -0.25) is 4.79 Å². The molecule has 1 aromatic carbocycles. The first-order valence-corrected chi connectivity index (χ1v) is 6.65. The molecule has 3 N–H and O–H groups in total. The van der Waals surface area contributed by atoms with Crippen molar-refractivity contribution in [3.05, 3.63) is 42.1 Å². The minimum Gasteiger partial charge on any atom is -0.490 e. The van der Waals surface area contributed by atoms with Gasteiger partial charge >= 0.3 is 0 Å². The first kappa shape index (κ1) is 13.2. The molecule has 2 aromatic rings. The molecule has 1 aliphatic rings. The van der Waals surface area contributed by atoms with E-state index in [4.69, 9.17) is 15.2 Å². The lowest BCUT2D eigenvalue weighted by Gasteiger charge is -2.10. The number of rotatable bonds is 2. The van der Waals surface area contributed by atoms with Gasteiger partial charge in [0.25, 0.3) is 5.91 Å². The Balaban J connectivity index is 1.79. The molecule has 0 atom stereocenters. The van der Waals surface area contributed by atoms with Gasteiger partial charge in [0.2, 0.25) is 0 Å². The Morgan fingerprint density at radius 1 is 1.14 bits per heavy atom. The van der Waals surface area contributed by atoms with Gasteiger partial charge in [0.05, 0.1) is 13.2 Å². The third-order valence-corrected chi connectivity index (χ3v) is 3.05. The fourth-order valence-corrected chi connectivity index (χ4v) is 2.03. The van der Waals surface area contributed by atoms with Crippen molar-refractivity contribution in [2.45, 2.75) is 6.42 Å². The van der Waals surface area contributed by atoms with E-state index in [-0.39, 0.29) is 5.91 Å². The predicted molar refractivity (Wildman–Crippen MR) is 78.7 cm³/mol. The van der Waals surface area contributed by atoms with Gasteiger partial charge in [-0.25, -0.2) is 4.98 Å². The highest BCUT2D eigenvalue weighted by Crippen LogP contribution is 2.32. The predicted octanol–water partition coefficient (Wildman–Crippen LogP) is 2.08. The van der Waals surface area contributed by atoms with E-state index < -0.39 is 0 Å². The minimum atomic E-state index is -0.251. The molecule has 0 spiro atoms. The first-order chi connectivity index (χ1) is 10.2. The van der Waals surface area contributed by atoms with Crippen LogP contribution in [0.2, 0.25) is 0 Å². The van der Waals surface area contributed by atoms with Crippen LogP contribution in [-0.2, 0) is 0 Å². The number of nitrogens with zero attached hydrogens (tertiary/aromatic N) is 1. The van der Waals surface area contributed by atoms with Crippen molar-refractivity contribution in [2.75, 3.05) is 24.3 Å². The zero-order valence-electron chi connectivity index (χ0n) is 11.3. The fraction of sp³-hybridized carbons (Fsp3) is 0.200. The molecular formula is C15H15N3O3. The number of fused-ring (bicyclic) bond motifs is 1. The number of pyridine rings is 1. The van der Waals surface area contributed by atoms with Crippen LogP contribution in [0.4, 0.5) is 11.5 Å². The Kier molecular flexibility index (Phi) is 3.59. The second-order valence-electron chi connectivity index (χ2n) is 4.64. The van der Waals surface area contributed by atoms with Crippen molar-refractivity contribution >= 4 is 17.4 Å². The van der Waals surface area contributed by atoms with Gasteiger partial charge in [0.15, 0.2) is 11.5 Å². The maximum Gasteiger partial charge on any atom is 0.255 e. The highest BCUT2D eigenvalue weighted by Gasteiger charge is 2.12. The van der Waals surface area contributed by atoms with Crippen molar-refractivity contribution in [1.29, 1.82) is 0 Å². The lowest BCUT2D eigenvalue weighted by molar-refractivity contribution is 0.102. The van der Waals surface area contributed by atoms with Gasteiger partial charge in [-0.15, -0.1) is 0 Å². The second kappa shape index (κ2) is 5.70. The van der Waals surface area contributed by atoms with Crippen LogP contribution in [0.15, 0.2) is 36.5 Å². The van der Waals surface area contributed by atoms with Gasteiger partial charge in [0.1, 0.15) is 5.82 Å². The normalized spacial score (nSPS) is 13.3. The molecule has 0 radical (unpaired) electrons. The van der Waals surface area contributed by atoms with Crippen molar-refractivity contribution in [3.63, 3.8) is 0 Å². The van der Waals surface area contributed by atoms with Gasteiger partial charge in [-0.1, -0.05) is 0 Å². The van der Waals surface area contributed by atoms with Crippen LogP contribution in [0, 0.1) is 0 Å². The summed E-state index contributed by atoms with van der Waals surface area (Å²) in [4.78, 5) is 16.0. The number of nitrogens with two attached hydrogens (primary N) is 1. The highest BCUT2D eigenvalue weighted by molar-refractivity contribution is 6.04. The minimum absolute atomic E-state index is 0.251. The lowest BCUT2D eigenvalue weighted by atomic mass is 10.2. The van der Waals surface area contributed by atoms with Crippen molar-refractivity contribution in [2.24, 2.45) is 0 Å². The van der Waals surface area contributed by atoms with Gasteiger partial charge in [0, 0.05) is 29.9 Å². The van der Waals surface area contributed by atoms with Gasteiger partial charge in [-0.05, 0) is 24.3 Å². The Bertz CT molecular complexity index is 673. The van der Waals surface area contributed by atoms with Crippen LogP contribution in [0.3, 0.4) is 0 Å². The summed E-state index contributed by atoms with van der Waals surface area (Å²) in [6, 6.07) is 8.45. The SMILES string of the molecule is Nc1cc(C(=O)Nc2ccc3c(c2)OCCCO3)ccn1. The number of carbonyl (C=O) groups excluding carboxylic acids is 1. The van der Waals surface area contributed by atoms with Crippen LogP contribution in [-0.4, -0.2) is 24.1 Å². The molecule has 108 valence electrons. The Hall–Kier alpha value is -2.76. The maximum atomic E-state index is 12.1. The topological polar surface area (TPSA) is 86.5 Å². The van der Waals surface area contributed by atoms with Crippen LogP contribution in [0.1, 0.15) is 16.8 Å². The summed E-state index contributed by atoms with van der Waals surface area (Å²) in [7, 11) is 0. The Labute approximate surface area is 121 Å². The first-order valence-electron chi connectivity index (χ1n) is 6.65. The van der Waals surface area contributed by atoms with Crippen LogP contribution < -0.4 is 20.5 Å². The summed E-state index contributed by atoms with van der Waals surface area (Å²) >= 11 is 0. The van der Waals surface area contributed by atoms with Crippen molar-refractivity contribution < 1.29 is 14.3 Å². The number of anilines is 2. The summed E-state index contributed by atoms with van der Waals surface area (Å²) in [6.45, 7) is 1.24. The molecule has 0 bridgehead atoms. The summed E-state index contributed by atoms with van der Waals surface area (Å²) in [5.74, 6) is 1.39. The van der Waals surface area contributed by atoms with Crippen LogP contribution in [0.25, 0.3) is 0 Å². The number of aromatic nitrogens is 1. The number of nitrogen functional groups attached to an aromatic ring is 1. The summed E-state index contributed by atoms with van der Waals surface area (Å²) in [5.41, 5.74) is 6.66. The summed E-state index contributed by atoms with van der Waals surface area (Å²) in [5, 5.41) is 2.80. The van der Waals surface area contributed by atoms with E-state index in [1.165, 1.54) is 12.3 Å². The molecule has 3 rings (SSSR count). The Morgan fingerprint density at radius 2 is 1.95 bits per heavy atom. The average molecular weight is 285 g/mol. The molecule has 6 heteroatoms. The largest absolute Gasteiger partial charge is 0.490 e. The number of ether oxygens (including phenoxy) is 2. The van der Waals surface area contributed by atoms with E-state index in [9.17, 15) is 4.79 Å². The number of amides is 1. The molecule has 0 saturated carbocycles. The molecule has 2 heterocycles. The second-order valence-corrected chi connectivity index (χ2v) is 4.64. The lowest BCUT2D eigenvalue weighted by Crippen LogP contribution is -2.12. The highest BCUT2D eigenvalue weighted by atomic mass is 16.5. The monoisotopic (exact) mass is 285 g/mol. The third-order valence-electron chi connectivity index (χ3n) is 3.05. The van der Waals surface area contributed by atoms with Crippen molar-refractivity contribution in [3.8, 4) is 11.5 Å². The molecule has 0 fully saturated rings. The molecule has 21 heavy (non-hydrogen) atoms. The average Bonchev–Trinajstić information content (AvgIpc) is 2.72. The number of hydrogen-bond donors (Lipinski definition) is 2. The third kappa shape index (κ3) is 3.05. The van der Waals surface area contributed by atoms with Crippen LogP contribution >= 0.6 is 0 Å². The molecule has 0 unspecified atom stereocenters. The van der Waals surface area contributed by atoms with E-state index in [0.29, 0.717) is 41.8 Å². The molecule has 1 aromatic heterocycles. The summed E-state index contributed by atoms with van der Waals surface area (Å²) in [6.07, 6.45) is 2.34. The number of hydrogen-bond acceptors (Lipinski definition) is 5. The van der Waals surface area contributed by atoms with Crippen LogP contribution in [0.5, 0.6) is 11.5 Å². The maximum absolute atomic E-state index is 12.1. The van der Waals surface area contributed by atoms with E-state index in [2.05, 4.69) is 10.3 Å². The van der Waals surface area contributed by atoms with Gasteiger partial charge < -0.3 is 20.5 Å². The van der Waals surface area contributed by atoms with E-state index >= 15 is 0 Å². The zero-order valence-corrected chi connectivity index (χ0v) is 11.3. The molecule has 0 aliphatic carbocycles.